The van der Waals surface area contributed by atoms with Crippen LogP contribution in [0.1, 0.15) is 21.5 Å². The molecule has 0 aromatic heterocycles. The molecule has 0 atom stereocenters. The first kappa shape index (κ1) is 31.2. The molecule has 2 aromatic rings. The van der Waals surface area contributed by atoms with Crippen molar-refractivity contribution in [3.05, 3.63) is 53.1 Å². The number of fused-ring (bicyclic) bond motifs is 6. The highest BCUT2D eigenvalue weighted by Crippen LogP contribution is 2.37. The normalized spacial score (nSPS) is 23.2. The Balaban J connectivity index is 0.000000410. The van der Waals surface area contributed by atoms with Crippen LogP contribution in [0, 0.1) is 0 Å². The number of amides is 1. The van der Waals surface area contributed by atoms with E-state index in [0.717, 1.165) is 71.5 Å². The van der Waals surface area contributed by atoms with Gasteiger partial charge < -0.3 is 46.3 Å². The molecule has 3 fully saturated rings. The Morgan fingerprint density at radius 1 is 0.923 bits per heavy atom. The van der Waals surface area contributed by atoms with E-state index in [0.29, 0.717) is 23.1 Å². The zero-order valence-electron chi connectivity index (χ0n) is 20.5. The summed E-state index contributed by atoms with van der Waals surface area (Å²) in [5.41, 5.74) is 4.28. The molecule has 16 heteroatoms. The Kier molecular flexibility index (Phi) is 8.73. The molecule has 10 nitrogen and oxygen atoms in total. The minimum Gasteiger partial charge on any atom is -1.00 e. The SMILES string of the molecule is NC(=O)C[N+]12CC[N+](Cc3ccc4c(c3)C(=O)c3ccc(B(O)O)cc3-4)(CC1)CC2.O=S(=O)([O-])C(F)(F)F.[Br-]. The van der Waals surface area contributed by atoms with Gasteiger partial charge in [-0.25, -0.2) is 8.42 Å². The summed E-state index contributed by atoms with van der Waals surface area (Å²) in [6.45, 7) is 7.33. The molecule has 39 heavy (non-hydrogen) atoms. The standard InChI is InChI=1S/C22H25BN3O4.CHF3O3S.BrH/c24-21(27)14-26-8-5-25(6-9-26,7-10-26)13-15-1-3-17-19-12-16(23(29)30)2-4-18(19)22(28)20(17)11-15;2-1(3,4)8(5,6)7;/h1-4,11-12,29-30H,5-10,13-14H2,(H-,24,27);(H,5,6,7);1H/q+1;;/p-1. The number of rotatable bonds is 5. The van der Waals surface area contributed by atoms with Crippen LogP contribution >= 0.6 is 0 Å². The molecule has 0 spiro atoms. The molecule has 2 aromatic carbocycles. The fraction of sp³-hybridized carbons (Fsp3) is 0.391. The van der Waals surface area contributed by atoms with Crippen molar-refractivity contribution < 1.29 is 71.7 Å². The van der Waals surface area contributed by atoms with Crippen molar-refractivity contribution in [1.29, 1.82) is 0 Å². The van der Waals surface area contributed by atoms with Gasteiger partial charge in [0, 0.05) is 16.7 Å². The van der Waals surface area contributed by atoms with Crippen LogP contribution in [0.25, 0.3) is 11.1 Å². The van der Waals surface area contributed by atoms with Gasteiger partial charge in [0.2, 0.25) is 0 Å². The molecule has 0 unspecified atom stereocenters. The van der Waals surface area contributed by atoms with Gasteiger partial charge in [-0.05, 0) is 22.7 Å². The highest BCUT2D eigenvalue weighted by Gasteiger charge is 2.49. The van der Waals surface area contributed by atoms with E-state index >= 15 is 0 Å². The van der Waals surface area contributed by atoms with Gasteiger partial charge in [0.25, 0.3) is 5.91 Å². The lowest BCUT2D eigenvalue weighted by molar-refractivity contribution is -1.08. The summed E-state index contributed by atoms with van der Waals surface area (Å²) in [6.07, 6.45) is 0. The Bertz CT molecular complexity index is 1380. The number of hydrogen-bond acceptors (Lipinski definition) is 7. The molecule has 3 aliphatic heterocycles. The molecule has 1 amide bonds. The Morgan fingerprint density at radius 3 is 1.92 bits per heavy atom. The fourth-order valence-electron chi connectivity index (χ4n) is 5.54. The first-order chi connectivity index (χ1) is 17.5. The van der Waals surface area contributed by atoms with Gasteiger partial charge in [-0.1, -0.05) is 30.3 Å². The summed E-state index contributed by atoms with van der Waals surface area (Å²) in [5.74, 6) is -0.222. The zero-order chi connectivity index (χ0) is 28.1. The molecule has 1 aliphatic carbocycles. The third-order valence-corrected chi connectivity index (χ3v) is 8.21. The van der Waals surface area contributed by atoms with Crippen LogP contribution < -0.4 is 28.2 Å². The topological polar surface area (TPSA) is 158 Å². The van der Waals surface area contributed by atoms with E-state index in [2.05, 4.69) is 6.07 Å². The number of halogens is 4. The van der Waals surface area contributed by atoms with Crippen molar-refractivity contribution in [2.75, 3.05) is 45.8 Å². The van der Waals surface area contributed by atoms with Crippen LogP contribution in [0.3, 0.4) is 0 Å². The third kappa shape index (κ3) is 6.37. The van der Waals surface area contributed by atoms with E-state index in [1.165, 1.54) is 0 Å². The molecular weight excluding hydrogens is 610 g/mol. The van der Waals surface area contributed by atoms with Crippen LogP contribution in [-0.2, 0) is 21.5 Å². The van der Waals surface area contributed by atoms with Gasteiger partial charge >= 0.3 is 12.6 Å². The van der Waals surface area contributed by atoms with Crippen molar-refractivity contribution in [3.8, 4) is 11.1 Å². The predicted molar refractivity (Wildman–Crippen MR) is 128 cm³/mol. The lowest BCUT2D eigenvalue weighted by Gasteiger charge is -2.55. The number of primary amides is 1. The van der Waals surface area contributed by atoms with Gasteiger partial charge in [0.1, 0.15) is 45.8 Å². The van der Waals surface area contributed by atoms with Gasteiger partial charge in [-0.3, -0.25) is 9.59 Å². The van der Waals surface area contributed by atoms with Gasteiger partial charge in [0.05, 0.1) is 0 Å². The molecule has 2 bridgehead atoms. The maximum absolute atomic E-state index is 12.9. The van der Waals surface area contributed by atoms with Crippen LogP contribution in [0.5, 0.6) is 0 Å². The van der Waals surface area contributed by atoms with E-state index in [1.807, 2.05) is 12.1 Å². The smallest absolute Gasteiger partial charge is 0.488 e. The van der Waals surface area contributed by atoms with Crippen molar-refractivity contribution in [2.45, 2.75) is 12.1 Å². The number of ketones is 1. The van der Waals surface area contributed by atoms with Crippen molar-refractivity contribution in [3.63, 3.8) is 0 Å². The minimum absolute atomic E-state index is 0. The first-order valence-electron chi connectivity index (χ1n) is 11.7. The minimum atomic E-state index is -6.09. The van der Waals surface area contributed by atoms with Crippen molar-refractivity contribution in [2.24, 2.45) is 5.73 Å². The zero-order valence-corrected chi connectivity index (χ0v) is 22.9. The number of piperazine rings is 3. The Morgan fingerprint density at radius 2 is 1.44 bits per heavy atom. The fourth-order valence-corrected chi connectivity index (χ4v) is 5.54. The first-order valence-corrected chi connectivity index (χ1v) is 13.1. The molecular formula is C23H26BBrF3N3O7S. The van der Waals surface area contributed by atoms with E-state index in [4.69, 9.17) is 18.7 Å². The molecule has 3 saturated heterocycles. The van der Waals surface area contributed by atoms with E-state index < -0.39 is 22.7 Å². The average molecular weight is 636 g/mol. The summed E-state index contributed by atoms with van der Waals surface area (Å²) in [7, 11) is -7.64. The number of alkyl halides is 3. The van der Waals surface area contributed by atoms with Crippen LogP contribution in [0.2, 0.25) is 0 Å². The molecule has 0 radical (unpaired) electrons. The highest BCUT2D eigenvalue weighted by molar-refractivity contribution is 7.86. The maximum atomic E-state index is 12.9. The number of carbonyl (C=O) groups is 2. The number of benzene rings is 2. The second-order valence-electron chi connectivity index (χ2n) is 10.1. The molecule has 3 heterocycles. The largest absolute Gasteiger partial charge is 1.00 e. The van der Waals surface area contributed by atoms with E-state index in [-0.39, 0.29) is 28.7 Å². The third-order valence-electron chi connectivity index (χ3n) is 7.64. The lowest BCUT2D eigenvalue weighted by atomic mass is 9.79. The van der Waals surface area contributed by atoms with Gasteiger partial charge in [-0.2, -0.15) is 13.2 Å². The number of nitrogens with zero attached hydrogens (tertiary/aromatic N) is 2. The molecule has 4 N–H and O–H groups in total. The molecule has 0 saturated carbocycles. The van der Waals surface area contributed by atoms with E-state index in [1.54, 1.807) is 18.2 Å². The number of carbonyl (C=O) groups excluding carboxylic acids is 2. The van der Waals surface area contributed by atoms with Crippen molar-refractivity contribution >= 4 is 34.4 Å². The second kappa shape index (κ2) is 10.9. The quantitative estimate of drug-likeness (QED) is 0.113. The maximum Gasteiger partial charge on any atom is 0.488 e. The molecule has 4 aliphatic rings. The van der Waals surface area contributed by atoms with E-state index in [9.17, 15) is 32.8 Å². The summed E-state index contributed by atoms with van der Waals surface area (Å²) in [5, 5.41) is 18.9. The number of hydrogen-bond donors (Lipinski definition) is 3. The number of quaternary nitrogens is 2. The average Bonchev–Trinajstić information content (AvgIpc) is 3.10. The summed E-state index contributed by atoms with van der Waals surface area (Å²) < 4.78 is 60.7. The van der Waals surface area contributed by atoms with Gasteiger partial charge in [-0.15, -0.1) is 0 Å². The Hall–Kier alpha value is -2.34. The highest BCUT2D eigenvalue weighted by atomic mass is 79.9. The molecule has 6 rings (SSSR count). The lowest BCUT2D eigenvalue weighted by Crippen LogP contribution is -3.00. The monoisotopic (exact) mass is 635 g/mol. The summed E-state index contributed by atoms with van der Waals surface area (Å²) in [4.78, 5) is 24.4. The summed E-state index contributed by atoms with van der Waals surface area (Å²) >= 11 is 0. The second-order valence-corrected chi connectivity index (χ2v) is 11.5. The van der Waals surface area contributed by atoms with Crippen LogP contribution in [0.4, 0.5) is 13.2 Å². The van der Waals surface area contributed by atoms with Crippen LogP contribution in [-0.4, -0.2) is 102 Å². The van der Waals surface area contributed by atoms with Crippen LogP contribution in [0.15, 0.2) is 36.4 Å². The molecule has 212 valence electrons. The summed E-state index contributed by atoms with van der Waals surface area (Å²) in [6, 6.07) is 11.0. The van der Waals surface area contributed by atoms with Crippen molar-refractivity contribution in [1.82, 2.24) is 0 Å². The predicted octanol–water partition coefficient (Wildman–Crippen LogP) is -3.72. The number of nitrogens with two attached hydrogens (primary N) is 1. The Labute approximate surface area is 233 Å². The van der Waals surface area contributed by atoms with Gasteiger partial charge in [0.15, 0.2) is 22.4 Å².